The van der Waals surface area contributed by atoms with Gasteiger partial charge in [-0.3, -0.25) is 8.97 Å². The predicted octanol–water partition coefficient (Wildman–Crippen LogP) is 6.57. The average molecular weight is 474 g/mol. The lowest BCUT2D eigenvalue weighted by Gasteiger charge is -2.11. The molecule has 0 aliphatic carbocycles. The van der Waals surface area contributed by atoms with E-state index in [2.05, 4.69) is 10.2 Å². The Kier molecular flexibility index (Phi) is 4.91. The second-order valence-corrected chi connectivity index (χ2v) is 7.77. The van der Waals surface area contributed by atoms with Crippen molar-refractivity contribution in [3.8, 4) is 28.5 Å². The van der Waals surface area contributed by atoms with Crippen molar-refractivity contribution in [2.45, 2.75) is 6.18 Å². The molecule has 0 unspecified atom stereocenters. The van der Waals surface area contributed by atoms with Gasteiger partial charge in [-0.05, 0) is 54.6 Å². The number of fused-ring (bicyclic) bond motifs is 1. The Morgan fingerprint density at radius 1 is 0.906 bits per heavy atom. The Balaban J connectivity index is 1.74. The third-order valence-electron chi connectivity index (χ3n) is 4.95. The third kappa shape index (κ3) is 3.51. The van der Waals surface area contributed by atoms with E-state index in [-0.39, 0.29) is 0 Å². The van der Waals surface area contributed by atoms with Crippen LogP contribution in [0.4, 0.5) is 13.2 Å². The van der Waals surface area contributed by atoms with E-state index in [4.69, 9.17) is 28.2 Å². The fourth-order valence-electron chi connectivity index (χ4n) is 3.47. The normalized spacial score (nSPS) is 11.9. The van der Waals surface area contributed by atoms with Crippen molar-refractivity contribution in [2.24, 2.45) is 0 Å². The van der Waals surface area contributed by atoms with E-state index in [9.17, 15) is 13.2 Å². The summed E-state index contributed by atoms with van der Waals surface area (Å²) in [4.78, 5) is 4.71. The summed E-state index contributed by atoms with van der Waals surface area (Å²) in [6.45, 7) is 0. The van der Waals surface area contributed by atoms with Crippen molar-refractivity contribution in [1.82, 2.24) is 24.1 Å². The number of hydrogen-bond donors (Lipinski definition) is 0. The van der Waals surface area contributed by atoms with Gasteiger partial charge in [-0.2, -0.15) is 13.2 Å². The summed E-state index contributed by atoms with van der Waals surface area (Å²) in [5, 5.41) is 9.17. The maximum absolute atomic E-state index is 13.0. The fraction of sp³-hybridized carbons (Fsp3) is 0.0455. The molecule has 3 aromatic heterocycles. The zero-order valence-corrected chi connectivity index (χ0v) is 17.6. The lowest BCUT2D eigenvalue weighted by Crippen LogP contribution is -2.05. The van der Waals surface area contributed by atoms with Crippen LogP contribution in [0, 0.1) is 0 Å². The Hall–Kier alpha value is -3.36. The molecule has 0 aliphatic heterocycles. The molecule has 10 heteroatoms. The molecule has 5 nitrogen and oxygen atoms in total. The zero-order valence-electron chi connectivity index (χ0n) is 16.1. The second kappa shape index (κ2) is 7.65. The summed E-state index contributed by atoms with van der Waals surface area (Å²) < 4.78 is 42.4. The number of alkyl halides is 3. The van der Waals surface area contributed by atoms with Gasteiger partial charge in [0.25, 0.3) is 0 Å². The minimum absolute atomic E-state index is 0.384. The Labute approximate surface area is 189 Å². The van der Waals surface area contributed by atoms with Crippen LogP contribution in [0.2, 0.25) is 10.0 Å². The largest absolute Gasteiger partial charge is 0.416 e. The van der Waals surface area contributed by atoms with Gasteiger partial charge >= 0.3 is 6.18 Å². The van der Waals surface area contributed by atoms with Crippen LogP contribution in [0.5, 0.6) is 0 Å². The van der Waals surface area contributed by atoms with Gasteiger partial charge in [0.1, 0.15) is 23.4 Å². The van der Waals surface area contributed by atoms with Crippen LogP contribution in [-0.2, 0) is 6.18 Å². The summed E-state index contributed by atoms with van der Waals surface area (Å²) in [6.07, 6.45) is -1.18. The summed E-state index contributed by atoms with van der Waals surface area (Å²) >= 11 is 12.7. The smallest absolute Gasteiger partial charge is 0.296 e. The highest BCUT2D eigenvalue weighted by atomic mass is 35.5. The van der Waals surface area contributed by atoms with Gasteiger partial charge in [-0.25, -0.2) is 4.98 Å². The summed E-state index contributed by atoms with van der Waals surface area (Å²) in [6, 6.07) is 15.3. The Morgan fingerprint density at radius 3 is 2.44 bits per heavy atom. The number of nitrogens with zero attached hydrogens (tertiary/aromatic N) is 5. The highest BCUT2D eigenvalue weighted by Gasteiger charge is 2.30. The van der Waals surface area contributed by atoms with Crippen LogP contribution < -0.4 is 0 Å². The highest BCUT2D eigenvalue weighted by Crippen LogP contribution is 2.38. The molecule has 3 heterocycles. The van der Waals surface area contributed by atoms with Crippen molar-refractivity contribution >= 4 is 28.8 Å². The number of halogens is 5. The number of hydrogen-bond acceptors (Lipinski definition) is 3. The summed E-state index contributed by atoms with van der Waals surface area (Å²) in [5.74, 6) is 0.384. The van der Waals surface area contributed by atoms with Gasteiger partial charge in [0.15, 0.2) is 5.82 Å². The SMILES string of the molecule is FC(F)(F)c1ccc(-n2cnnc2-c2c(-c3cc(Cl)ccc3Cl)nc3ccccn23)cc1. The van der Waals surface area contributed by atoms with Crippen LogP contribution in [0.3, 0.4) is 0 Å². The van der Waals surface area contributed by atoms with Crippen molar-refractivity contribution in [1.29, 1.82) is 0 Å². The van der Waals surface area contributed by atoms with E-state index >= 15 is 0 Å². The first-order valence-electron chi connectivity index (χ1n) is 9.33. The average Bonchev–Trinajstić information content (AvgIpc) is 3.39. The molecule has 0 aliphatic rings. The van der Waals surface area contributed by atoms with Crippen molar-refractivity contribution in [3.05, 3.63) is 88.8 Å². The second-order valence-electron chi connectivity index (χ2n) is 6.93. The summed E-state index contributed by atoms with van der Waals surface area (Å²) in [7, 11) is 0. The Morgan fingerprint density at radius 2 is 1.69 bits per heavy atom. The van der Waals surface area contributed by atoms with Crippen LogP contribution in [0.1, 0.15) is 5.56 Å². The Bertz CT molecular complexity index is 1440. The van der Waals surface area contributed by atoms with E-state index < -0.39 is 11.7 Å². The van der Waals surface area contributed by atoms with Gasteiger partial charge in [0, 0.05) is 22.5 Å². The van der Waals surface area contributed by atoms with E-state index in [0.29, 0.717) is 44.2 Å². The fourth-order valence-corrected chi connectivity index (χ4v) is 3.85. The minimum atomic E-state index is -4.42. The zero-order chi connectivity index (χ0) is 22.5. The number of rotatable bonds is 3. The predicted molar refractivity (Wildman–Crippen MR) is 116 cm³/mol. The van der Waals surface area contributed by atoms with Gasteiger partial charge < -0.3 is 0 Å². The van der Waals surface area contributed by atoms with Crippen molar-refractivity contribution in [2.75, 3.05) is 0 Å². The molecule has 2 aromatic carbocycles. The molecule has 0 saturated heterocycles. The molecule has 0 saturated carbocycles. The van der Waals surface area contributed by atoms with Crippen LogP contribution in [-0.4, -0.2) is 24.1 Å². The highest BCUT2D eigenvalue weighted by molar-refractivity contribution is 6.35. The van der Waals surface area contributed by atoms with Crippen LogP contribution >= 0.6 is 23.2 Å². The molecule has 5 rings (SSSR count). The number of benzene rings is 2. The lowest BCUT2D eigenvalue weighted by atomic mass is 10.1. The van der Waals surface area contributed by atoms with E-state index in [1.54, 1.807) is 22.8 Å². The molecule has 160 valence electrons. The molecular formula is C22H12Cl2F3N5. The number of aromatic nitrogens is 5. The molecule has 0 atom stereocenters. The molecule has 0 fully saturated rings. The molecule has 32 heavy (non-hydrogen) atoms. The first kappa shape index (κ1) is 20.5. The van der Waals surface area contributed by atoms with Gasteiger partial charge in [-0.15, -0.1) is 10.2 Å². The molecule has 0 amide bonds. The van der Waals surface area contributed by atoms with E-state index in [1.165, 1.54) is 18.5 Å². The standard InChI is InChI=1S/C22H12Cl2F3N5/c23-14-6-9-17(24)16(11-14)19-20(31-10-2-1-3-18(31)29-19)21-30-28-12-32(21)15-7-4-13(5-8-15)22(25,26)27/h1-12H. The topological polar surface area (TPSA) is 48.0 Å². The quantitative estimate of drug-likeness (QED) is 0.297. The molecule has 0 N–H and O–H groups in total. The van der Waals surface area contributed by atoms with Crippen molar-refractivity contribution in [3.63, 3.8) is 0 Å². The number of pyridine rings is 1. The first-order chi connectivity index (χ1) is 15.3. The number of imidazole rings is 1. The minimum Gasteiger partial charge on any atom is -0.296 e. The molecule has 5 aromatic rings. The monoisotopic (exact) mass is 473 g/mol. The van der Waals surface area contributed by atoms with Crippen molar-refractivity contribution < 1.29 is 13.2 Å². The van der Waals surface area contributed by atoms with E-state index in [0.717, 1.165) is 12.1 Å². The molecule has 0 radical (unpaired) electrons. The molecule has 0 spiro atoms. The summed E-state index contributed by atoms with van der Waals surface area (Å²) in [5.41, 5.74) is 2.05. The van der Waals surface area contributed by atoms with Gasteiger partial charge in [-0.1, -0.05) is 29.3 Å². The van der Waals surface area contributed by atoms with E-state index in [1.807, 2.05) is 28.8 Å². The maximum Gasteiger partial charge on any atom is 0.416 e. The maximum atomic E-state index is 13.0. The van der Waals surface area contributed by atoms with Gasteiger partial charge in [0.2, 0.25) is 0 Å². The van der Waals surface area contributed by atoms with Gasteiger partial charge in [0.05, 0.1) is 10.6 Å². The molecular weight excluding hydrogens is 462 g/mol. The third-order valence-corrected chi connectivity index (χ3v) is 5.51. The first-order valence-corrected chi connectivity index (χ1v) is 10.1. The van der Waals surface area contributed by atoms with Crippen LogP contribution in [0.25, 0.3) is 34.1 Å². The molecule has 0 bridgehead atoms. The van der Waals surface area contributed by atoms with Crippen LogP contribution in [0.15, 0.2) is 73.2 Å². The lowest BCUT2D eigenvalue weighted by molar-refractivity contribution is -0.137.